The zero-order valence-corrected chi connectivity index (χ0v) is 17.2. The van der Waals surface area contributed by atoms with Crippen LogP contribution in [0.25, 0.3) is 21.3 Å². The maximum atomic E-state index is 7.58. The van der Waals surface area contributed by atoms with Crippen LogP contribution in [0.3, 0.4) is 0 Å². The average molecular weight is 435 g/mol. The summed E-state index contributed by atoms with van der Waals surface area (Å²) in [5.41, 5.74) is 8.54. The van der Waals surface area contributed by atoms with Gasteiger partial charge in [-0.1, -0.05) is 52.3 Å². The Morgan fingerprint density at radius 3 is 2.50 bits per heavy atom. The van der Waals surface area contributed by atoms with Crippen LogP contribution < -0.4 is 10.5 Å². The van der Waals surface area contributed by atoms with E-state index in [9.17, 15) is 0 Å². The predicted molar refractivity (Wildman–Crippen MR) is 121 cm³/mol. The molecular weight excluding hydrogens is 412 g/mol. The van der Waals surface area contributed by atoms with Crippen molar-refractivity contribution >= 4 is 43.1 Å². The highest BCUT2D eigenvalue weighted by molar-refractivity contribution is 9.15. The monoisotopic (exact) mass is 434 g/mol. The number of nitrogens with one attached hydrogen (secondary N) is 1. The molecule has 0 aliphatic heterocycles. The Hall–Kier alpha value is -2.59. The van der Waals surface area contributed by atoms with E-state index in [4.69, 9.17) is 15.9 Å². The van der Waals surface area contributed by atoms with Gasteiger partial charge >= 0.3 is 0 Å². The van der Waals surface area contributed by atoms with Gasteiger partial charge in [-0.05, 0) is 77.9 Å². The highest BCUT2D eigenvalue weighted by Crippen LogP contribution is 2.30. The molecule has 1 aliphatic rings. The van der Waals surface area contributed by atoms with Gasteiger partial charge in [-0.2, -0.15) is 0 Å². The third-order valence-electron chi connectivity index (χ3n) is 5.18. The quantitative estimate of drug-likeness (QED) is 0.279. The van der Waals surface area contributed by atoms with Gasteiger partial charge in [-0.15, -0.1) is 0 Å². The van der Waals surface area contributed by atoms with Crippen molar-refractivity contribution in [3.63, 3.8) is 0 Å². The Kier molecular flexibility index (Phi) is 5.49. The third-order valence-corrected chi connectivity index (χ3v) is 5.87. The minimum absolute atomic E-state index is 0.0910. The Bertz CT molecular complexity index is 1050. The summed E-state index contributed by atoms with van der Waals surface area (Å²) in [4.78, 5) is 0. The molecule has 0 amide bonds. The molecule has 1 fully saturated rings. The lowest BCUT2D eigenvalue weighted by molar-refractivity contribution is 0.210. The molecule has 0 radical (unpaired) electrons. The summed E-state index contributed by atoms with van der Waals surface area (Å²) in [5, 5.41) is 9.78. The van der Waals surface area contributed by atoms with Crippen molar-refractivity contribution < 1.29 is 4.74 Å². The smallest absolute Gasteiger partial charge is 0.122 e. The van der Waals surface area contributed by atoms with Crippen molar-refractivity contribution in [1.82, 2.24) is 0 Å². The molecule has 0 unspecified atom stereocenters. The second kappa shape index (κ2) is 8.19. The highest BCUT2D eigenvalue weighted by atomic mass is 79.9. The van der Waals surface area contributed by atoms with Gasteiger partial charge in [0.25, 0.3) is 0 Å². The SMILES string of the molecule is N=C(N)c1ccc2cc(/C=C(\Br)c3cccc(OC4CCCC4)c3)ccc2c1. The van der Waals surface area contributed by atoms with Crippen LogP contribution >= 0.6 is 15.9 Å². The van der Waals surface area contributed by atoms with Crippen LogP contribution in [0.15, 0.2) is 60.7 Å². The fourth-order valence-electron chi connectivity index (χ4n) is 3.67. The largest absolute Gasteiger partial charge is 0.490 e. The summed E-state index contributed by atoms with van der Waals surface area (Å²) in [7, 11) is 0. The number of fused-ring (bicyclic) bond motifs is 1. The summed E-state index contributed by atoms with van der Waals surface area (Å²) >= 11 is 3.73. The molecule has 3 N–H and O–H groups in total. The van der Waals surface area contributed by atoms with E-state index in [1.54, 1.807) is 0 Å². The van der Waals surface area contributed by atoms with Crippen LogP contribution in [-0.2, 0) is 0 Å². The fraction of sp³-hybridized carbons (Fsp3) is 0.208. The van der Waals surface area contributed by atoms with E-state index in [1.165, 1.54) is 12.8 Å². The van der Waals surface area contributed by atoms with E-state index >= 15 is 0 Å². The maximum absolute atomic E-state index is 7.58. The maximum Gasteiger partial charge on any atom is 0.122 e. The molecule has 0 bridgehead atoms. The van der Waals surface area contributed by atoms with Crippen molar-refractivity contribution in [2.45, 2.75) is 31.8 Å². The van der Waals surface area contributed by atoms with Crippen molar-refractivity contribution in [3.05, 3.63) is 77.4 Å². The average Bonchev–Trinajstić information content (AvgIpc) is 3.20. The van der Waals surface area contributed by atoms with Crippen molar-refractivity contribution in [2.24, 2.45) is 5.73 Å². The van der Waals surface area contributed by atoms with E-state index in [1.807, 2.05) is 30.3 Å². The van der Waals surface area contributed by atoms with Crippen LogP contribution in [0.2, 0.25) is 0 Å². The number of hydrogen-bond acceptors (Lipinski definition) is 2. The van der Waals surface area contributed by atoms with Gasteiger partial charge in [0.2, 0.25) is 0 Å². The zero-order valence-electron chi connectivity index (χ0n) is 15.6. The summed E-state index contributed by atoms with van der Waals surface area (Å²) in [6.07, 6.45) is 7.33. The molecule has 0 spiro atoms. The van der Waals surface area contributed by atoms with Crippen LogP contribution in [0.1, 0.15) is 42.4 Å². The molecule has 3 aromatic carbocycles. The number of ether oxygens (including phenoxy) is 1. The van der Waals surface area contributed by atoms with E-state index in [-0.39, 0.29) is 5.84 Å². The molecule has 28 heavy (non-hydrogen) atoms. The molecule has 0 saturated heterocycles. The number of nitrogens with two attached hydrogens (primary N) is 1. The normalized spacial score (nSPS) is 15.1. The van der Waals surface area contributed by atoms with Gasteiger partial charge in [0.15, 0.2) is 0 Å². The van der Waals surface area contributed by atoms with Gasteiger partial charge < -0.3 is 10.5 Å². The van der Waals surface area contributed by atoms with E-state index in [2.05, 4.69) is 52.3 Å². The minimum Gasteiger partial charge on any atom is -0.490 e. The first-order valence-electron chi connectivity index (χ1n) is 9.61. The summed E-state index contributed by atoms with van der Waals surface area (Å²) in [6, 6.07) is 20.4. The van der Waals surface area contributed by atoms with Crippen LogP contribution in [0.5, 0.6) is 5.75 Å². The molecule has 4 rings (SSSR count). The van der Waals surface area contributed by atoms with Crippen LogP contribution in [0, 0.1) is 5.41 Å². The first-order valence-corrected chi connectivity index (χ1v) is 10.4. The Morgan fingerprint density at radius 1 is 0.964 bits per heavy atom. The van der Waals surface area contributed by atoms with Gasteiger partial charge in [0.1, 0.15) is 11.6 Å². The summed E-state index contributed by atoms with van der Waals surface area (Å²) in [5.74, 6) is 1.03. The Labute approximate surface area is 173 Å². The second-order valence-corrected chi connectivity index (χ2v) is 8.13. The number of amidine groups is 1. The predicted octanol–water partition coefficient (Wildman–Crippen LogP) is 6.34. The topological polar surface area (TPSA) is 59.1 Å². The van der Waals surface area contributed by atoms with E-state index in [0.29, 0.717) is 6.10 Å². The van der Waals surface area contributed by atoms with Crippen LogP contribution in [0.4, 0.5) is 0 Å². The second-order valence-electron chi connectivity index (χ2n) is 7.28. The van der Waals surface area contributed by atoms with Gasteiger partial charge in [-0.3, -0.25) is 5.41 Å². The molecule has 1 aliphatic carbocycles. The van der Waals surface area contributed by atoms with Crippen molar-refractivity contribution in [1.29, 1.82) is 5.41 Å². The summed E-state index contributed by atoms with van der Waals surface area (Å²) < 4.78 is 7.15. The lowest BCUT2D eigenvalue weighted by Crippen LogP contribution is -2.10. The summed E-state index contributed by atoms with van der Waals surface area (Å²) in [6.45, 7) is 0. The van der Waals surface area contributed by atoms with Crippen molar-refractivity contribution in [3.8, 4) is 5.75 Å². The Balaban J connectivity index is 1.57. The molecule has 3 nitrogen and oxygen atoms in total. The lowest BCUT2D eigenvalue weighted by atomic mass is 10.0. The lowest BCUT2D eigenvalue weighted by Gasteiger charge is -2.13. The Morgan fingerprint density at radius 2 is 1.71 bits per heavy atom. The minimum atomic E-state index is 0.0910. The molecule has 142 valence electrons. The van der Waals surface area contributed by atoms with E-state index in [0.717, 1.165) is 50.5 Å². The molecule has 3 aromatic rings. The van der Waals surface area contributed by atoms with Gasteiger partial charge in [-0.25, -0.2) is 0 Å². The molecule has 1 saturated carbocycles. The third kappa shape index (κ3) is 4.28. The van der Waals surface area contributed by atoms with E-state index < -0.39 is 0 Å². The number of benzene rings is 3. The molecule has 0 atom stereocenters. The molecule has 0 aromatic heterocycles. The number of rotatable bonds is 5. The molecular formula is C24H23BrN2O. The first-order chi connectivity index (χ1) is 13.6. The number of hydrogen-bond donors (Lipinski definition) is 2. The number of nitrogen functional groups attached to an aromatic ring is 1. The van der Waals surface area contributed by atoms with Crippen molar-refractivity contribution in [2.75, 3.05) is 0 Å². The van der Waals surface area contributed by atoms with Gasteiger partial charge in [0, 0.05) is 10.0 Å². The van der Waals surface area contributed by atoms with Gasteiger partial charge in [0.05, 0.1) is 6.10 Å². The van der Waals surface area contributed by atoms with Crippen LogP contribution in [-0.4, -0.2) is 11.9 Å². The zero-order chi connectivity index (χ0) is 19.5. The highest BCUT2D eigenvalue weighted by Gasteiger charge is 2.16. The number of halogens is 1. The molecule has 4 heteroatoms. The standard InChI is InChI=1S/C24H23BrN2O/c25-23(19-4-3-7-22(15-19)28-21-5-1-2-6-21)13-16-8-9-18-14-20(24(26)27)11-10-17(18)12-16/h3-4,7-15,21H,1-2,5-6H2,(H3,26,27)/b23-13-. The molecule has 0 heterocycles. The first kappa shape index (κ1) is 18.8. The fourth-order valence-corrected chi connectivity index (χ4v) is 4.18.